The Bertz CT molecular complexity index is 488. The largest absolute Gasteiger partial charge is 0.478 e. The molecule has 0 aliphatic rings. The molecule has 0 heterocycles. The van der Waals surface area contributed by atoms with Gasteiger partial charge >= 0.3 is 12.0 Å². The summed E-state index contributed by atoms with van der Waals surface area (Å²) in [5.41, 5.74) is 0.115. The minimum absolute atomic E-state index is 0.0658. The second kappa shape index (κ2) is 6.07. The van der Waals surface area contributed by atoms with Crippen molar-refractivity contribution in [3.63, 3.8) is 0 Å². The number of benzene rings is 1. The highest BCUT2D eigenvalue weighted by Gasteiger charge is 2.13. The van der Waals surface area contributed by atoms with Gasteiger partial charge in [0.25, 0.3) is 0 Å². The normalized spacial score (nSPS) is 11.4. The zero-order valence-electron chi connectivity index (χ0n) is 9.74. The third-order valence-electron chi connectivity index (χ3n) is 2.17. The lowest BCUT2D eigenvalue weighted by atomic mass is 10.2. The van der Waals surface area contributed by atoms with Gasteiger partial charge in [0.1, 0.15) is 0 Å². The fourth-order valence-corrected chi connectivity index (χ4v) is 1.40. The van der Waals surface area contributed by atoms with E-state index < -0.39 is 12.0 Å². The van der Waals surface area contributed by atoms with Crippen LogP contribution in [0.4, 0.5) is 10.5 Å². The Morgan fingerprint density at radius 1 is 1.50 bits per heavy atom. The molecule has 0 aliphatic carbocycles. The molecule has 96 valence electrons. The topological polar surface area (TPSA) is 78.4 Å². The Labute approximate surface area is 109 Å². The molecule has 6 heteroatoms. The van der Waals surface area contributed by atoms with Gasteiger partial charge in [0.05, 0.1) is 11.3 Å². The monoisotopic (exact) mass is 268 g/mol. The van der Waals surface area contributed by atoms with Crippen molar-refractivity contribution >= 4 is 29.3 Å². The van der Waals surface area contributed by atoms with Crippen molar-refractivity contribution < 1.29 is 14.7 Å². The molecule has 0 aliphatic heterocycles. The van der Waals surface area contributed by atoms with Crippen LogP contribution < -0.4 is 10.6 Å². The molecule has 1 aromatic rings. The predicted octanol–water partition coefficient (Wildman–Crippen LogP) is 2.73. The van der Waals surface area contributed by atoms with Crippen molar-refractivity contribution in [2.45, 2.75) is 13.0 Å². The van der Waals surface area contributed by atoms with Gasteiger partial charge in [-0.25, -0.2) is 9.59 Å². The van der Waals surface area contributed by atoms with Crippen molar-refractivity contribution in [2.24, 2.45) is 0 Å². The van der Waals surface area contributed by atoms with Crippen molar-refractivity contribution in [1.82, 2.24) is 5.32 Å². The Kier molecular flexibility index (Phi) is 4.74. The van der Waals surface area contributed by atoms with Gasteiger partial charge in [0, 0.05) is 11.1 Å². The summed E-state index contributed by atoms with van der Waals surface area (Å²) < 4.78 is 0. The maximum absolute atomic E-state index is 11.5. The number of nitrogens with one attached hydrogen (secondary N) is 2. The first-order chi connectivity index (χ1) is 8.43. The van der Waals surface area contributed by atoms with Crippen molar-refractivity contribution in [3.05, 3.63) is 41.4 Å². The fraction of sp³-hybridized carbons (Fsp3) is 0.167. The standard InChI is InChI=1S/C12H13ClN2O3/c1-3-7(2)14-12(18)15-10-5-4-8(13)6-9(10)11(16)17/h3-7H,1H2,2H3,(H,16,17)(H2,14,15,18). The molecule has 0 spiro atoms. The first-order valence-electron chi connectivity index (χ1n) is 5.17. The first-order valence-corrected chi connectivity index (χ1v) is 5.54. The zero-order chi connectivity index (χ0) is 13.7. The number of carbonyl (C=O) groups is 2. The highest BCUT2D eigenvalue weighted by atomic mass is 35.5. The van der Waals surface area contributed by atoms with E-state index in [1.54, 1.807) is 13.0 Å². The van der Waals surface area contributed by atoms with Crippen LogP contribution in [0.5, 0.6) is 0 Å². The van der Waals surface area contributed by atoms with Crippen LogP contribution in [0.1, 0.15) is 17.3 Å². The number of hydrogen-bond donors (Lipinski definition) is 3. The van der Waals surface area contributed by atoms with Gasteiger partial charge in [-0.3, -0.25) is 0 Å². The van der Waals surface area contributed by atoms with Crippen LogP contribution in [0.2, 0.25) is 5.02 Å². The third-order valence-corrected chi connectivity index (χ3v) is 2.41. The van der Waals surface area contributed by atoms with Gasteiger partial charge < -0.3 is 15.7 Å². The smallest absolute Gasteiger partial charge is 0.337 e. The molecule has 0 saturated heterocycles. The molecular formula is C12H13ClN2O3. The number of carbonyl (C=O) groups excluding carboxylic acids is 1. The summed E-state index contributed by atoms with van der Waals surface area (Å²) in [6.45, 7) is 5.27. The molecule has 18 heavy (non-hydrogen) atoms. The number of carboxylic acids is 1. The average Bonchev–Trinajstić information content (AvgIpc) is 2.30. The maximum atomic E-state index is 11.5. The van der Waals surface area contributed by atoms with E-state index in [0.717, 1.165) is 0 Å². The Morgan fingerprint density at radius 2 is 2.17 bits per heavy atom. The molecule has 0 bridgehead atoms. The Balaban J connectivity index is 2.87. The molecule has 2 amide bonds. The van der Waals surface area contributed by atoms with Gasteiger partial charge in [-0.05, 0) is 25.1 Å². The summed E-state index contributed by atoms with van der Waals surface area (Å²) in [7, 11) is 0. The SMILES string of the molecule is C=CC(C)NC(=O)Nc1ccc(Cl)cc1C(=O)O. The summed E-state index contributed by atoms with van der Waals surface area (Å²) in [6.07, 6.45) is 1.56. The van der Waals surface area contributed by atoms with Crippen molar-refractivity contribution in [3.8, 4) is 0 Å². The highest BCUT2D eigenvalue weighted by molar-refractivity contribution is 6.31. The molecule has 3 N–H and O–H groups in total. The highest BCUT2D eigenvalue weighted by Crippen LogP contribution is 2.20. The molecule has 0 radical (unpaired) electrons. The number of anilines is 1. The van der Waals surface area contributed by atoms with Crippen molar-refractivity contribution in [1.29, 1.82) is 0 Å². The van der Waals surface area contributed by atoms with Crippen LogP contribution in [-0.2, 0) is 0 Å². The molecule has 0 saturated carbocycles. The lowest BCUT2D eigenvalue weighted by Crippen LogP contribution is -2.35. The second-order valence-corrected chi connectivity index (χ2v) is 4.05. The van der Waals surface area contributed by atoms with Gasteiger partial charge in [-0.1, -0.05) is 17.7 Å². The maximum Gasteiger partial charge on any atom is 0.337 e. The van der Waals surface area contributed by atoms with Crippen LogP contribution in [0.3, 0.4) is 0 Å². The minimum atomic E-state index is -1.16. The van der Waals surface area contributed by atoms with Gasteiger partial charge in [-0.2, -0.15) is 0 Å². The van der Waals surface area contributed by atoms with E-state index in [4.69, 9.17) is 16.7 Å². The van der Waals surface area contributed by atoms with Crippen LogP contribution in [0.15, 0.2) is 30.9 Å². The lowest BCUT2D eigenvalue weighted by molar-refractivity contribution is 0.0698. The van der Waals surface area contributed by atoms with Crippen molar-refractivity contribution in [2.75, 3.05) is 5.32 Å². The molecule has 1 rings (SSSR count). The summed E-state index contributed by atoms with van der Waals surface area (Å²) in [5, 5.41) is 14.3. The molecule has 1 unspecified atom stereocenters. The van der Waals surface area contributed by atoms with Crippen LogP contribution >= 0.6 is 11.6 Å². The van der Waals surface area contributed by atoms with Gasteiger partial charge in [0.2, 0.25) is 0 Å². The average molecular weight is 269 g/mol. The number of aromatic carboxylic acids is 1. The Hall–Kier alpha value is -2.01. The quantitative estimate of drug-likeness (QED) is 0.735. The summed E-state index contributed by atoms with van der Waals surface area (Å²) in [5.74, 6) is -1.16. The number of rotatable bonds is 4. The van der Waals surface area contributed by atoms with Crippen LogP contribution in [0, 0.1) is 0 Å². The lowest BCUT2D eigenvalue weighted by Gasteiger charge is -2.12. The second-order valence-electron chi connectivity index (χ2n) is 3.62. The summed E-state index contributed by atoms with van der Waals surface area (Å²) in [6, 6.07) is 3.48. The number of hydrogen-bond acceptors (Lipinski definition) is 2. The predicted molar refractivity (Wildman–Crippen MR) is 70.2 cm³/mol. The number of urea groups is 1. The van der Waals surface area contributed by atoms with E-state index in [0.29, 0.717) is 0 Å². The van der Waals surface area contributed by atoms with E-state index in [9.17, 15) is 9.59 Å². The number of halogens is 1. The van der Waals surface area contributed by atoms with Gasteiger partial charge in [-0.15, -0.1) is 6.58 Å². The summed E-state index contributed by atoms with van der Waals surface area (Å²) >= 11 is 5.70. The number of amides is 2. The Morgan fingerprint density at radius 3 is 2.72 bits per heavy atom. The molecule has 1 atom stereocenters. The van der Waals surface area contributed by atoms with Gasteiger partial charge in [0.15, 0.2) is 0 Å². The summed E-state index contributed by atoms with van der Waals surface area (Å²) in [4.78, 5) is 22.5. The fourth-order valence-electron chi connectivity index (χ4n) is 1.23. The third kappa shape index (κ3) is 3.78. The zero-order valence-corrected chi connectivity index (χ0v) is 10.5. The molecule has 0 fully saturated rings. The van der Waals surface area contributed by atoms with E-state index in [2.05, 4.69) is 17.2 Å². The van der Waals surface area contributed by atoms with Crippen LogP contribution in [-0.4, -0.2) is 23.1 Å². The van der Waals surface area contributed by atoms with E-state index in [1.807, 2.05) is 0 Å². The van der Waals surface area contributed by atoms with E-state index >= 15 is 0 Å². The molecule has 5 nitrogen and oxygen atoms in total. The number of carboxylic acid groups (broad SMARTS) is 1. The molecule has 0 aromatic heterocycles. The molecular weight excluding hydrogens is 256 g/mol. The van der Waals surface area contributed by atoms with E-state index in [1.165, 1.54) is 18.2 Å². The first kappa shape index (κ1) is 14.1. The minimum Gasteiger partial charge on any atom is -0.478 e. The van der Waals surface area contributed by atoms with E-state index in [-0.39, 0.29) is 22.3 Å². The van der Waals surface area contributed by atoms with Crippen LogP contribution in [0.25, 0.3) is 0 Å². The molecule has 1 aromatic carbocycles.